The summed E-state index contributed by atoms with van der Waals surface area (Å²) in [6, 6.07) is 18.1. The molecule has 5 rings (SSSR count). The maximum absolute atomic E-state index is 13.7. The lowest BCUT2D eigenvalue weighted by Gasteiger charge is -2.27. The van der Waals surface area contributed by atoms with Gasteiger partial charge < -0.3 is 19.8 Å². The molecule has 1 aliphatic heterocycles. The number of amides is 1. The first-order valence-corrected chi connectivity index (χ1v) is 14.1. The molecule has 0 saturated heterocycles. The van der Waals surface area contributed by atoms with Crippen LogP contribution in [0.2, 0.25) is 0 Å². The number of hydrogen-bond acceptors (Lipinski definition) is 7. The van der Waals surface area contributed by atoms with Crippen molar-refractivity contribution in [3.63, 3.8) is 0 Å². The minimum absolute atomic E-state index is 0.0781. The van der Waals surface area contributed by atoms with E-state index < -0.39 is 17.4 Å². The van der Waals surface area contributed by atoms with Crippen LogP contribution in [0.1, 0.15) is 36.1 Å². The number of methoxy groups -OCH3 is 1. The predicted molar refractivity (Wildman–Crippen MR) is 163 cm³/mol. The molecule has 0 fully saturated rings. The number of carbonyl (C=O) groups is 1. The number of nitrogens with zero attached hydrogens (tertiary/aromatic N) is 5. The fourth-order valence-corrected chi connectivity index (χ4v) is 5.51. The highest BCUT2D eigenvalue weighted by Gasteiger charge is 2.52. The van der Waals surface area contributed by atoms with Gasteiger partial charge in [0.05, 0.1) is 31.0 Å². The first kappa shape index (κ1) is 29.7. The van der Waals surface area contributed by atoms with Crippen molar-refractivity contribution in [3.05, 3.63) is 125 Å². The molecule has 3 heterocycles. The van der Waals surface area contributed by atoms with E-state index in [1.165, 1.54) is 16.6 Å². The number of aryl methyl sites for hydroxylation is 1. The number of anilines is 1. The average Bonchev–Trinajstić information content (AvgIpc) is 3.58. The Labute approximate surface area is 249 Å². The van der Waals surface area contributed by atoms with Gasteiger partial charge in [0.1, 0.15) is 0 Å². The Hall–Kier alpha value is -4.80. The van der Waals surface area contributed by atoms with Crippen molar-refractivity contribution >= 4 is 11.6 Å². The summed E-state index contributed by atoms with van der Waals surface area (Å²) in [5.41, 5.74) is 0.938. The summed E-state index contributed by atoms with van der Waals surface area (Å²) in [6.07, 6.45) is 9.36. The summed E-state index contributed by atoms with van der Waals surface area (Å²) in [5.74, 6) is -1.12. The van der Waals surface area contributed by atoms with Crippen molar-refractivity contribution in [2.45, 2.75) is 31.4 Å². The van der Waals surface area contributed by atoms with Crippen molar-refractivity contribution in [2.24, 2.45) is 5.92 Å². The van der Waals surface area contributed by atoms with Gasteiger partial charge in [-0.05, 0) is 42.3 Å². The zero-order valence-corrected chi connectivity index (χ0v) is 24.2. The van der Waals surface area contributed by atoms with Crippen LogP contribution in [0.3, 0.4) is 0 Å². The lowest BCUT2D eigenvalue weighted by Crippen LogP contribution is -2.44. The Morgan fingerprint density at radius 3 is 2.63 bits per heavy atom. The lowest BCUT2D eigenvalue weighted by atomic mass is 9.82. The highest BCUT2D eigenvalue weighted by Crippen LogP contribution is 2.46. The van der Waals surface area contributed by atoms with Gasteiger partial charge in [-0.15, -0.1) is 11.7 Å². The standard InChI is InChI=1S/C33H35N5O5/c1-4-17-38-29-16-15-25(37-19-10-14-30(43-3)31(37)40)20-27(29)33(42,32(38)41)23(2)11-8-9-18-36-21-28(34-35-36)26(22-39)24-12-6-5-7-13-24/h4-8,10-16,19-21,23,26,39,42H,1,9,17-18,22H2,2-3H3/b11-8+/t23-,26?,33+/m0/s1. The first-order chi connectivity index (χ1) is 20.8. The van der Waals surface area contributed by atoms with E-state index in [0.29, 0.717) is 35.6 Å². The molecule has 10 heteroatoms. The van der Waals surface area contributed by atoms with Gasteiger partial charge in [0.25, 0.3) is 11.5 Å². The van der Waals surface area contributed by atoms with E-state index in [0.717, 1.165) is 5.56 Å². The summed E-state index contributed by atoms with van der Waals surface area (Å²) in [6.45, 7) is 6.24. The molecule has 222 valence electrons. The molecular weight excluding hydrogens is 546 g/mol. The minimum Gasteiger partial charge on any atom is -0.491 e. The van der Waals surface area contributed by atoms with E-state index >= 15 is 0 Å². The molecule has 0 bridgehead atoms. The maximum Gasteiger partial charge on any atom is 0.297 e. The number of aliphatic hydroxyl groups excluding tert-OH is 1. The molecule has 1 unspecified atom stereocenters. The van der Waals surface area contributed by atoms with Gasteiger partial charge in [0.15, 0.2) is 11.4 Å². The predicted octanol–water partition coefficient (Wildman–Crippen LogP) is 3.56. The second-order valence-electron chi connectivity index (χ2n) is 10.5. The van der Waals surface area contributed by atoms with Crippen molar-refractivity contribution in [1.82, 2.24) is 19.6 Å². The molecular formula is C33H35N5O5. The normalized spacial score (nSPS) is 17.7. The molecule has 4 aromatic rings. The summed E-state index contributed by atoms with van der Waals surface area (Å²) in [5, 5.41) is 30.4. The summed E-state index contributed by atoms with van der Waals surface area (Å²) in [4.78, 5) is 28.1. The van der Waals surface area contributed by atoms with Gasteiger partial charge in [-0.25, -0.2) is 0 Å². The van der Waals surface area contributed by atoms with Crippen LogP contribution in [0.4, 0.5) is 5.69 Å². The van der Waals surface area contributed by atoms with Gasteiger partial charge in [0.2, 0.25) is 0 Å². The van der Waals surface area contributed by atoms with Crippen LogP contribution < -0.4 is 15.2 Å². The van der Waals surface area contributed by atoms with Crippen molar-refractivity contribution in [1.29, 1.82) is 0 Å². The molecule has 2 aromatic carbocycles. The Morgan fingerprint density at radius 1 is 1.12 bits per heavy atom. The Kier molecular flexibility index (Phi) is 8.70. The molecule has 2 N–H and O–H groups in total. The number of benzene rings is 2. The van der Waals surface area contributed by atoms with Gasteiger partial charge in [0, 0.05) is 42.7 Å². The monoisotopic (exact) mass is 581 g/mol. The van der Waals surface area contributed by atoms with Crippen LogP contribution in [0.25, 0.3) is 5.69 Å². The second kappa shape index (κ2) is 12.6. The third-order valence-corrected chi connectivity index (χ3v) is 7.88. The van der Waals surface area contributed by atoms with E-state index in [-0.39, 0.29) is 30.4 Å². The van der Waals surface area contributed by atoms with E-state index in [2.05, 4.69) is 16.9 Å². The van der Waals surface area contributed by atoms with Crippen LogP contribution in [-0.2, 0) is 16.9 Å². The number of pyridine rings is 1. The molecule has 0 saturated carbocycles. The molecule has 3 atom stereocenters. The zero-order chi connectivity index (χ0) is 30.6. The largest absolute Gasteiger partial charge is 0.491 e. The van der Waals surface area contributed by atoms with E-state index in [1.54, 1.807) is 54.2 Å². The molecule has 0 spiro atoms. The van der Waals surface area contributed by atoms with Crippen LogP contribution in [0, 0.1) is 5.92 Å². The quantitative estimate of drug-likeness (QED) is 0.245. The molecule has 1 aliphatic rings. The average molecular weight is 582 g/mol. The Balaban J connectivity index is 1.36. The molecule has 2 aromatic heterocycles. The minimum atomic E-state index is -1.85. The number of rotatable bonds is 12. The first-order valence-electron chi connectivity index (χ1n) is 14.1. The lowest BCUT2D eigenvalue weighted by molar-refractivity contribution is -0.139. The zero-order valence-electron chi connectivity index (χ0n) is 24.2. The summed E-state index contributed by atoms with van der Waals surface area (Å²) < 4.78 is 8.32. The molecule has 10 nitrogen and oxygen atoms in total. The summed E-state index contributed by atoms with van der Waals surface area (Å²) >= 11 is 0. The third-order valence-electron chi connectivity index (χ3n) is 7.88. The number of carbonyl (C=O) groups excluding carboxylic acids is 1. The van der Waals surface area contributed by atoms with Crippen LogP contribution in [0.15, 0.2) is 103 Å². The number of aromatic nitrogens is 4. The number of ether oxygens (including phenoxy) is 1. The Bertz CT molecular complexity index is 1700. The second-order valence-corrected chi connectivity index (χ2v) is 10.5. The number of aliphatic hydroxyl groups is 2. The van der Waals surface area contributed by atoms with Gasteiger partial charge >= 0.3 is 0 Å². The van der Waals surface area contributed by atoms with Crippen molar-refractivity contribution in [2.75, 3.05) is 25.2 Å². The molecule has 43 heavy (non-hydrogen) atoms. The fraction of sp³-hybridized carbons (Fsp3) is 0.273. The van der Waals surface area contributed by atoms with Crippen LogP contribution in [-0.4, -0.2) is 55.9 Å². The van der Waals surface area contributed by atoms with Gasteiger partial charge in [-0.1, -0.05) is 60.7 Å². The third kappa shape index (κ3) is 5.54. The maximum atomic E-state index is 13.7. The Morgan fingerprint density at radius 2 is 1.91 bits per heavy atom. The van der Waals surface area contributed by atoms with Crippen molar-refractivity contribution in [3.8, 4) is 11.4 Å². The fourth-order valence-electron chi connectivity index (χ4n) is 5.51. The molecule has 0 aliphatic carbocycles. The van der Waals surface area contributed by atoms with Gasteiger partial charge in [-0.2, -0.15) is 0 Å². The smallest absolute Gasteiger partial charge is 0.297 e. The van der Waals surface area contributed by atoms with E-state index in [1.807, 2.05) is 48.7 Å². The highest BCUT2D eigenvalue weighted by atomic mass is 16.5. The van der Waals surface area contributed by atoms with Gasteiger partial charge in [-0.3, -0.25) is 18.8 Å². The van der Waals surface area contributed by atoms with Crippen LogP contribution >= 0.6 is 0 Å². The molecule has 1 amide bonds. The van der Waals surface area contributed by atoms with Crippen LogP contribution in [0.5, 0.6) is 5.75 Å². The van der Waals surface area contributed by atoms with E-state index in [9.17, 15) is 19.8 Å². The topological polar surface area (TPSA) is 123 Å². The number of allylic oxidation sites excluding steroid dienone is 1. The molecule has 0 radical (unpaired) electrons. The SMILES string of the molecule is C=CCN1C(=O)[C@@](O)([C@@H](C)/C=C/CCn2cc(C(CO)c3ccccc3)nn2)c2cc(-n3cccc(OC)c3=O)ccc21. The summed E-state index contributed by atoms with van der Waals surface area (Å²) in [7, 11) is 1.43. The van der Waals surface area contributed by atoms with Crippen molar-refractivity contribution < 1.29 is 19.7 Å². The van der Waals surface area contributed by atoms with E-state index in [4.69, 9.17) is 4.74 Å². The number of hydrogen-bond donors (Lipinski definition) is 2. The highest BCUT2D eigenvalue weighted by molar-refractivity contribution is 6.07. The number of fused-ring (bicyclic) bond motifs is 1.